The number of ether oxygens (including phenoxy) is 4. The molecule has 0 heterocycles. The average Bonchev–Trinajstić information content (AvgIpc) is 2.61. The van der Waals surface area contributed by atoms with Gasteiger partial charge in [0.15, 0.2) is 0 Å². The summed E-state index contributed by atoms with van der Waals surface area (Å²) in [6, 6.07) is 0. The molecule has 1 unspecified atom stereocenters. The number of rotatable bonds is 18. The molecule has 0 aromatic carbocycles. The topological polar surface area (TPSA) is 91.4 Å². The van der Waals surface area contributed by atoms with Crippen LogP contribution in [0, 0.1) is 5.92 Å². The summed E-state index contributed by atoms with van der Waals surface area (Å²) in [6.45, 7) is 5.86. The van der Waals surface area contributed by atoms with Gasteiger partial charge < -0.3 is 33.4 Å². The maximum Gasteiger partial charge on any atom is 0.225 e. The van der Waals surface area contributed by atoms with Crippen LogP contribution in [0.15, 0.2) is 0 Å². The molecule has 0 aliphatic carbocycles. The van der Waals surface area contributed by atoms with E-state index < -0.39 is 0 Å². The number of carbonyl (C=O) groups is 3. The normalized spacial score (nSPS) is 11.9. The second-order valence-corrected chi connectivity index (χ2v) is 5.47. The first-order valence-electron chi connectivity index (χ1n) is 8.56. The van der Waals surface area contributed by atoms with Crippen molar-refractivity contribution < 1.29 is 33.3 Å². The summed E-state index contributed by atoms with van der Waals surface area (Å²) in [6.07, 6.45) is 2.23. The molecule has 0 saturated heterocycles. The van der Waals surface area contributed by atoms with Crippen molar-refractivity contribution in [3.8, 4) is 0 Å². The number of likely N-dealkylation sites (N-methyl/N-ethyl adjacent to an activating group) is 1. The second kappa shape index (κ2) is 17.5. The summed E-state index contributed by atoms with van der Waals surface area (Å²) in [7, 11) is 1.70. The van der Waals surface area contributed by atoms with Gasteiger partial charge in [-0.25, -0.2) is 0 Å². The SMILES string of the molecule is CC(CC=O)C(=O)N(C)CCOCCOCCOCCOCCC=O. The third kappa shape index (κ3) is 14.7. The van der Waals surface area contributed by atoms with Gasteiger partial charge in [-0.2, -0.15) is 0 Å². The lowest BCUT2D eigenvalue weighted by Crippen LogP contribution is -2.34. The van der Waals surface area contributed by atoms with E-state index in [0.29, 0.717) is 65.8 Å². The highest BCUT2D eigenvalue weighted by molar-refractivity contribution is 5.80. The van der Waals surface area contributed by atoms with Gasteiger partial charge in [-0.1, -0.05) is 6.92 Å². The molecule has 0 aromatic heterocycles. The number of aldehydes is 2. The second-order valence-electron chi connectivity index (χ2n) is 5.47. The Hall–Kier alpha value is -1.35. The van der Waals surface area contributed by atoms with Crippen LogP contribution in [0.2, 0.25) is 0 Å². The van der Waals surface area contributed by atoms with E-state index in [1.807, 2.05) is 0 Å². The lowest BCUT2D eigenvalue weighted by Gasteiger charge is -2.20. The first kappa shape index (κ1) is 23.6. The number of nitrogens with zero attached hydrogens (tertiary/aromatic N) is 1. The Labute approximate surface area is 149 Å². The van der Waals surface area contributed by atoms with Crippen molar-refractivity contribution in [1.82, 2.24) is 4.90 Å². The third-order valence-corrected chi connectivity index (χ3v) is 3.31. The van der Waals surface area contributed by atoms with E-state index in [4.69, 9.17) is 18.9 Å². The minimum absolute atomic E-state index is 0.0563. The number of amides is 1. The molecule has 0 spiro atoms. The van der Waals surface area contributed by atoms with Crippen molar-refractivity contribution in [2.24, 2.45) is 5.92 Å². The first-order chi connectivity index (χ1) is 12.1. The van der Waals surface area contributed by atoms with Gasteiger partial charge in [0.1, 0.15) is 12.6 Å². The Balaban J connectivity index is 3.32. The fourth-order valence-corrected chi connectivity index (χ4v) is 1.83. The number of hydrogen-bond acceptors (Lipinski definition) is 7. The van der Waals surface area contributed by atoms with E-state index in [1.165, 1.54) is 0 Å². The van der Waals surface area contributed by atoms with Crippen molar-refractivity contribution >= 4 is 18.5 Å². The lowest BCUT2D eigenvalue weighted by molar-refractivity contribution is -0.135. The molecule has 0 radical (unpaired) electrons. The van der Waals surface area contributed by atoms with E-state index in [9.17, 15) is 14.4 Å². The van der Waals surface area contributed by atoms with Crippen LogP contribution in [-0.4, -0.2) is 89.8 Å². The van der Waals surface area contributed by atoms with Gasteiger partial charge in [0, 0.05) is 32.4 Å². The average molecular weight is 361 g/mol. The highest BCUT2D eigenvalue weighted by Gasteiger charge is 2.16. The quantitative estimate of drug-likeness (QED) is 0.256. The van der Waals surface area contributed by atoms with E-state index in [1.54, 1.807) is 18.9 Å². The predicted molar refractivity (Wildman–Crippen MR) is 91.4 cm³/mol. The van der Waals surface area contributed by atoms with Gasteiger partial charge >= 0.3 is 0 Å². The van der Waals surface area contributed by atoms with Crippen molar-refractivity contribution in [2.75, 3.05) is 66.4 Å². The van der Waals surface area contributed by atoms with Gasteiger partial charge in [0.2, 0.25) is 5.91 Å². The van der Waals surface area contributed by atoms with E-state index in [-0.39, 0.29) is 18.2 Å². The number of carbonyl (C=O) groups excluding carboxylic acids is 3. The zero-order valence-corrected chi connectivity index (χ0v) is 15.3. The fourth-order valence-electron chi connectivity index (χ4n) is 1.83. The number of hydrogen-bond donors (Lipinski definition) is 0. The Morgan fingerprint density at radius 1 is 0.840 bits per heavy atom. The zero-order valence-electron chi connectivity index (χ0n) is 15.3. The van der Waals surface area contributed by atoms with Crippen LogP contribution in [0.3, 0.4) is 0 Å². The van der Waals surface area contributed by atoms with Crippen LogP contribution in [0.4, 0.5) is 0 Å². The molecule has 1 amide bonds. The molecule has 8 heteroatoms. The molecular weight excluding hydrogens is 330 g/mol. The van der Waals surface area contributed by atoms with Crippen LogP contribution in [0.1, 0.15) is 19.8 Å². The van der Waals surface area contributed by atoms with E-state index >= 15 is 0 Å². The smallest absolute Gasteiger partial charge is 0.225 e. The van der Waals surface area contributed by atoms with Gasteiger partial charge in [-0.05, 0) is 0 Å². The summed E-state index contributed by atoms with van der Waals surface area (Å²) in [5.41, 5.74) is 0. The van der Waals surface area contributed by atoms with Gasteiger partial charge in [-0.15, -0.1) is 0 Å². The Morgan fingerprint density at radius 3 is 1.80 bits per heavy atom. The van der Waals surface area contributed by atoms with Gasteiger partial charge in [-0.3, -0.25) is 4.79 Å². The molecule has 8 nitrogen and oxygen atoms in total. The van der Waals surface area contributed by atoms with Gasteiger partial charge in [0.25, 0.3) is 0 Å². The Morgan fingerprint density at radius 2 is 1.32 bits per heavy atom. The molecule has 0 aliphatic heterocycles. The van der Waals surface area contributed by atoms with Gasteiger partial charge in [0.05, 0.1) is 52.9 Å². The first-order valence-corrected chi connectivity index (χ1v) is 8.56. The lowest BCUT2D eigenvalue weighted by atomic mass is 10.1. The largest absolute Gasteiger partial charge is 0.379 e. The van der Waals surface area contributed by atoms with Crippen molar-refractivity contribution in [3.63, 3.8) is 0 Å². The van der Waals surface area contributed by atoms with Crippen LogP contribution >= 0.6 is 0 Å². The molecule has 0 rings (SSSR count). The van der Waals surface area contributed by atoms with E-state index in [2.05, 4.69) is 0 Å². The molecular formula is C17H31NO7. The Bertz CT molecular complexity index is 352. The molecule has 0 N–H and O–H groups in total. The Kier molecular flexibility index (Phi) is 16.5. The summed E-state index contributed by atoms with van der Waals surface area (Å²) in [5.74, 6) is -0.347. The maximum atomic E-state index is 11.8. The molecule has 1 atom stereocenters. The fraction of sp³-hybridized carbons (Fsp3) is 0.824. The van der Waals surface area contributed by atoms with Crippen LogP contribution in [-0.2, 0) is 33.3 Å². The maximum absolute atomic E-state index is 11.8. The molecule has 0 aromatic rings. The third-order valence-electron chi connectivity index (χ3n) is 3.31. The van der Waals surface area contributed by atoms with E-state index in [0.717, 1.165) is 12.6 Å². The zero-order chi connectivity index (χ0) is 18.8. The summed E-state index contributed by atoms with van der Waals surface area (Å²) in [5, 5.41) is 0. The van der Waals surface area contributed by atoms with Crippen molar-refractivity contribution in [3.05, 3.63) is 0 Å². The monoisotopic (exact) mass is 361 g/mol. The van der Waals surface area contributed by atoms with Crippen molar-refractivity contribution in [2.45, 2.75) is 19.8 Å². The van der Waals surface area contributed by atoms with Crippen LogP contribution in [0.5, 0.6) is 0 Å². The minimum Gasteiger partial charge on any atom is -0.379 e. The minimum atomic E-state index is -0.291. The molecule has 0 aliphatic rings. The van der Waals surface area contributed by atoms with Crippen LogP contribution < -0.4 is 0 Å². The molecule has 146 valence electrons. The summed E-state index contributed by atoms with van der Waals surface area (Å²) in [4.78, 5) is 33.9. The summed E-state index contributed by atoms with van der Waals surface area (Å²) >= 11 is 0. The van der Waals surface area contributed by atoms with Crippen LogP contribution in [0.25, 0.3) is 0 Å². The standard InChI is InChI=1S/C17H31NO7/c1-16(4-7-20)17(21)18(2)5-9-23-11-13-25-15-14-24-12-10-22-8-3-6-19/h6-7,16H,3-5,8-15H2,1-2H3. The molecule has 25 heavy (non-hydrogen) atoms. The molecule has 0 fully saturated rings. The predicted octanol–water partition coefficient (Wildman–Crippen LogP) is 0.325. The highest BCUT2D eigenvalue weighted by atomic mass is 16.6. The summed E-state index contributed by atoms with van der Waals surface area (Å²) < 4.78 is 21.2. The van der Waals surface area contributed by atoms with Crippen molar-refractivity contribution in [1.29, 1.82) is 0 Å². The molecule has 0 bridgehead atoms. The molecule has 0 saturated carbocycles. The highest BCUT2D eigenvalue weighted by Crippen LogP contribution is 2.03.